The zero-order valence-electron chi connectivity index (χ0n) is 17.3. The lowest BCUT2D eigenvalue weighted by Crippen LogP contribution is -2.36. The fourth-order valence-corrected chi connectivity index (χ4v) is 4.47. The second-order valence-electron chi connectivity index (χ2n) is 6.71. The van der Waals surface area contributed by atoms with Gasteiger partial charge in [-0.15, -0.1) is 6.42 Å². The van der Waals surface area contributed by atoms with E-state index in [0.717, 1.165) is 25.8 Å². The van der Waals surface area contributed by atoms with Crippen LogP contribution in [0.4, 0.5) is 10.5 Å². The first kappa shape index (κ1) is 23.7. The molecule has 3 rings (SSSR count). The summed E-state index contributed by atoms with van der Waals surface area (Å²) in [7, 11) is 1.50. The lowest BCUT2D eigenvalue weighted by Gasteiger charge is -2.13. The number of nitrogens with zero attached hydrogens (tertiary/aromatic N) is 1. The fourth-order valence-electron chi connectivity index (χ4n) is 2.85. The second kappa shape index (κ2) is 10.6. The lowest BCUT2D eigenvalue weighted by molar-refractivity contribution is -0.127. The average molecular weight is 562 g/mol. The first-order valence-electron chi connectivity index (χ1n) is 9.38. The first-order chi connectivity index (χ1) is 15.3. The Kier molecular flexibility index (Phi) is 7.82. The van der Waals surface area contributed by atoms with Gasteiger partial charge < -0.3 is 14.8 Å². The molecule has 0 bridgehead atoms. The van der Waals surface area contributed by atoms with E-state index in [1.54, 1.807) is 30.3 Å². The maximum atomic E-state index is 12.8. The largest absolute Gasteiger partial charge is 0.493 e. The van der Waals surface area contributed by atoms with Gasteiger partial charge in [-0.25, -0.2) is 0 Å². The van der Waals surface area contributed by atoms with Gasteiger partial charge in [0, 0.05) is 5.69 Å². The molecule has 1 heterocycles. The quantitative estimate of drug-likeness (QED) is 0.308. The Hall–Kier alpha value is -2.97. The molecule has 1 N–H and O–H groups in total. The van der Waals surface area contributed by atoms with Crippen LogP contribution >= 0.6 is 34.4 Å². The number of aryl methyl sites for hydroxylation is 1. The Morgan fingerprint density at radius 1 is 1.28 bits per heavy atom. The van der Waals surface area contributed by atoms with Crippen LogP contribution < -0.4 is 14.8 Å². The van der Waals surface area contributed by atoms with E-state index in [9.17, 15) is 14.4 Å². The Balaban J connectivity index is 1.75. The number of carbonyl (C=O) groups is 3. The smallest absolute Gasteiger partial charge is 0.294 e. The van der Waals surface area contributed by atoms with Crippen molar-refractivity contribution in [3.05, 3.63) is 56.0 Å². The van der Waals surface area contributed by atoms with Crippen LogP contribution in [0.5, 0.6) is 11.5 Å². The van der Waals surface area contributed by atoms with Gasteiger partial charge in [0.05, 0.1) is 15.6 Å². The summed E-state index contributed by atoms with van der Waals surface area (Å²) in [6, 6.07) is 10.7. The number of hydrogen-bond donors (Lipinski definition) is 1. The maximum absolute atomic E-state index is 12.8. The van der Waals surface area contributed by atoms with E-state index >= 15 is 0 Å². The minimum absolute atomic E-state index is 0.0925. The van der Waals surface area contributed by atoms with E-state index < -0.39 is 17.1 Å². The van der Waals surface area contributed by atoms with Crippen molar-refractivity contribution < 1.29 is 23.9 Å². The van der Waals surface area contributed by atoms with Crippen molar-refractivity contribution >= 4 is 63.2 Å². The summed E-state index contributed by atoms with van der Waals surface area (Å²) in [6.07, 6.45) is 6.83. The molecule has 32 heavy (non-hydrogen) atoms. The molecule has 2 aromatic rings. The highest BCUT2D eigenvalue weighted by Gasteiger charge is 2.36. The van der Waals surface area contributed by atoms with E-state index in [4.69, 9.17) is 15.9 Å². The molecule has 3 amide bonds. The number of imide groups is 1. The molecule has 164 valence electrons. The van der Waals surface area contributed by atoms with Gasteiger partial charge in [-0.3, -0.25) is 19.3 Å². The third kappa shape index (κ3) is 5.63. The molecule has 0 unspecified atom stereocenters. The highest BCUT2D eigenvalue weighted by Crippen LogP contribution is 2.37. The Morgan fingerprint density at radius 3 is 2.66 bits per heavy atom. The van der Waals surface area contributed by atoms with Crippen molar-refractivity contribution in [2.24, 2.45) is 0 Å². The summed E-state index contributed by atoms with van der Waals surface area (Å²) < 4.78 is 11.6. The number of benzene rings is 2. The van der Waals surface area contributed by atoms with Crippen LogP contribution in [-0.4, -0.2) is 42.2 Å². The van der Waals surface area contributed by atoms with Gasteiger partial charge in [-0.05, 0) is 77.2 Å². The van der Waals surface area contributed by atoms with Crippen LogP contribution in [0.2, 0.25) is 0 Å². The highest BCUT2D eigenvalue weighted by molar-refractivity contribution is 14.1. The van der Waals surface area contributed by atoms with Gasteiger partial charge in [0.2, 0.25) is 5.91 Å². The van der Waals surface area contributed by atoms with Crippen LogP contribution in [0.1, 0.15) is 11.1 Å². The summed E-state index contributed by atoms with van der Waals surface area (Å²) in [6.45, 7) is 1.66. The molecule has 9 heteroatoms. The van der Waals surface area contributed by atoms with Crippen LogP contribution in [0.25, 0.3) is 6.08 Å². The molecule has 1 aliphatic rings. The summed E-state index contributed by atoms with van der Waals surface area (Å²) >= 11 is 2.86. The number of nitrogens with one attached hydrogen (secondary N) is 1. The van der Waals surface area contributed by atoms with Crippen LogP contribution in [0.15, 0.2) is 41.3 Å². The molecule has 0 spiro atoms. The fraction of sp³-hybridized carbons (Fsp3) is 0.174. The van der Waals surface area contributed by atoms with Crippen molar-refractivity contribution in [2.75, 3.05) is 25.6 Å². The number of carbonyl (C=O) groups excluding carboxylic acids is 3. The zero-order chi connectivity index (χ0) is 23.3. The molecule has 0 saturated carbocycles. The molecule has 1 aliphatic heterocycles. The molecule has 0 radical (unpaired) electrons. The van der Waals surface area contributed by atoms with E-state index in [-0.39, 0.29) is 18.1 Å². The Bertz CT molecular complexity index is 1140. The maximum Gasteiger partial charge on any atom is 0.294 e. The third-order valence-corrected chi connectivity index (χ3v) is 6.07. The van der Waals surface area contributed by atoms with Gasteiger partial charge in [0.1, 0.15) is 13.2 Å². The van der Waals surface area contributed by atoms with Crippen molar-refractivity contribution in [3.8, 4) is 23.8 Å². The first-order valence-corrected chi connectivity index (χ1v) is 11.3. The summed E-state index contributed by atoms with van der Waals surface area (Å²) in [5.41, 5.74) is 2.30. The molecular formula is C23H19IN2O5S. The standard InChI is InChI=1S/C23H19IN2O5S/c1-4-9-31-21-17(24)10-15(11-18(21)30-3)12-19-22(28)26(23(29)32-19)13-20(27)25-16-7-5-14(2)6-8-16/h1,5-8,10-12H,9,13H2,2-3H3,(H,25,27)/b19-12+. The molecular weight excluding hydrogens is 543 g/mol. The number of rotatable bonds is 7. The van der Waals surface area contributed by atoms with Crippen LogP contribution in [-0.2, 0) is 9.59 Å². The molecule has 0 aliphatic carbocycles. The Labute approximate surface area is 203 Å². The van der Waals surface area contributed by atoms with Crippen LogP contribution in [0.3, 0.4) is 0 Å². The third-order valence-electron chi connectivity index (χ3n) is 4.36. The van der Waals surface area contributed by atoms with Crippen molar-refractivity contribution in [3.63, 3.8) is 0 Å². The molecule has 2 aromatic carbocycles. The SMILES string of the molecule is C#CCOc1c(I)cc(/C=C2/SC(=O)N(CC(=O)Nc3ccc(C)cc3)C2=O)cc1OC. The van der Waals surface area contributed by atoms with Crippen molar-refractivity contribution in [1.82, 2.24) is 4.90 Å². The van der Waals surface area contributed by atoms with E-state index in [2.05, 4.69) is 33.8 Å². The minimum atomic E-state index is -0.527. The van der Waals surface area contributed by atoms with Crippen molar-refractivity contribution in [1.29, 1.82) is 0 Å². The number of hydrogen-bond acceptors (Lipinski definition) is 6. The predicted octanol–water partition coefficient (Wildman–Crippen LogP) is 4.30. The summed E-state index contributed by atoms with van der Waals surface area (Å²) in [5.74, 6) is 2.38. The highest BCUT2D eigenvalue weighted by atomic mass is 127. The molecule has 1 saturated heterocycles. The van der Waals surface area contributed by atoms with Gasteiger partial charge in [-0.2, -0.15) is 0 Å². The molecule has 0 aromatic heterocycles. The number of amides is 3. The van der Waals surface area contributed by atoms with Gasteiger partial charge in [0.15, 0.2) is 11.5 Å². The van der Waals surface area contributed by atoms with E-state index in [0.29, 0.717) is 22.7 Å². The lowest BCUT2D eigenvalue weighted by atomic mass is 10.2. The molecule has 0 atom stereocenters. The topological polar surface area (TPSA) is 84.9 Å². The monoisotopic (exact) mass is 562 g/mol. The number of methoxy groups -OCH3 is 1. The normalized spacial score (nSPS) is 14.4. The van der Waals surface area contributed by atoms with Crippen molar-refractivity contribution in [2.45, 2.75) is 6.92 Å². The molecule has 1 fully saturated rings. The van der Waals surface area contributed by atoms with E-state index in [1.165, 1.54) is 7.11 Å². The summed E-state index contributed by atoms with van der Waals surface area (Å²) in [5, 5.41) is 2.18. The number of terminal acetylenes is 1. The van der Waals surface area contributed by atoms with Gasteiger partial charge >= 0.3 is 0 Å². The number of thioether (sulfide) groups is 1. The number of ether oxygens (including phenoxy) is 2. The van der Waals surface area contributed by atoms with Gasteiger partial charge in [-0.1, -0.05) is 23.6 Å². The number of halogens is 1. The average Bonchev–Trinajstić information content (AvgIpc) is 3.01. The predicted molar refractivity (Wildman–Crippen MR) is 133 cm³/mol. The zero-order valence-corrected chi connectivity index (χ0v) is 20.3. The molecule has 7 nitrogen and oxygen atoms in total. The van der Waals surface area contributed by atoms with E-state index in [1.807, 2.05) is 19.1 Å². The van der Waals surface area contributed by atoms with Gasteiger partial charge in [0.25, 0.3) is 11.1 Å². The Morgan fingerprint density at radius 2 is 2.00 bits per heavy atom. The number of anilines is 1. The van der Waals surface area contributed by atoms with Crippen LogP contribution in [0, 0.1) is 22.8 Å². The second-order valence-corrected chi connectivity index (χ2v) is 8.86. The summed E-state index contributed by atoms with van der Waals surface area (Å²) in [4.78, 5) is 38.6. The minimum Gasteiger partial charge on any atom is -0.493 e.